The molecule has 3 N–H and O–H groups in total. The topological polar surface area (TPSA) is 67.6 Å². The zero-order valence-electron chi connectivity index (χ0n) is 14.6. The van der Waals surface area contributed by atoms with Crippen molar-refractivity contribution < 1.29 is 9.53 Å². The van der Waals surface area contributed by atoms with Gasteiger partial charge in [-0.1, -0.05) is 37.1 Å². The molecule has 1 fully saturated rings. The Hall–Kier alpha value is -1.43. The van der Waals surface area contributed by atoms with Crippen LogP contribution in [0, 0.1) is 0 Å². The van der Waals surface area contributed by atoms with Crippen LogP contribution < -0.4 is 11.1 Å². The molecule has 5 heteroatoms. The third kappa shape index (κ3) is 6.99. The number of benzene rings is 1. The van der Waals surface area contributed by atoms with Gasteiger partial charge in [0.25, 0.3) is 0 Å². The Labute approximate surface area is 145 Å². The molecule has 0 saturated carbocycles. The van der Waals surface area contributed by atoms with Crippen LogP contribution in [0.15, 0.2) is 24.3 Å². The Balaban J connectivity index is 1.74. The fraction of sp³-hybridized carbons (Fsp3) is 0.632. The molecule has 24 heavy (non-hydrogen) atoms. The highest BCUT2D eigenvalue weighted by molar-refractivity contribution is 5.75. The molecular formula is C19H31N3O2. The molecule has 1 aliphatic rings. The molecule has 0 unspecified atom stereocenters. The second-order valence-corrected chi connectivity index (χ2v) is 6.39. The minimum absolute atomic E-state index is 0.143. The molecule has 134 valence electrons. The Bertz CT molecular complexity index is 487. The SMILES string of the molecule is NCCCCCCC(=O)NCc1ccccc1CN1CCOCC1. The second-order valence-electron chi connectivity index (χ2n) is 6.39. The molecule has 0 aromatic heterocycles. The van der Waals surface area contributed by atoms with Crippen molar-refractivity contribution in [3.63, 3.8) is 0 Å². The van der Waals surface area contributed by atoms with Crippen molar-refractivity contribution in [2.75, 3.05) is 32.8 Å². The van der Waals surface area contributed by atoms with Gasteiger partial charge in [-0.2, -0.15) is 0 Å². The van der Waals surface area contributed by atoms with Crippen LogP contribution in [0.25, 0.3) is 0 Å². The number of nitrogens with one attached hydrogen (secondary N) is 1. The van der Waals surface area contributed by atoms with Crippen LogP contribution in [-0.2, 0) is 22.6 Å². The van der Waals surface area contributed by atoms with Crippen molar-refractivity contribution in [2.45, 2.75) is 45.2 Å². The highest BCUT2D eigenvalue weighted by Crippen LogP contribution is 2.13. The largest absolute Gasteiger partial charge is 0.379 e. The van der Waals surface area contributed by atoms with E-state index in [9.17, 15) is 4.79 Å². The first kappa shape index (κ1) is 18.9. The summed E-state index contributed by atoms with van der Waals surface area (Å²) in [5.74, 6) is 0.143. The second kappa shape index (κ2) is 11.2. The molecule has 1 aromatic rings. The van der Waals surface area contributed by atoms with Gasteiger partial charge >= 0.3 is 0 Å². The van der Waals surface area contributed by atoms with Gasteiger partial charge in [-0.3, -0.25) is 9.69 Å². The number of hydrogen-bond donors (Lipinski definition) is 2. The summed E-state index contributed by atoms with van der Waals surface area (Å²) in [4.78, 5) is 14.4. The number of unbranched alkanes of at least 4 members (excludes halogenated alkanes) is 3. The lowest BCUT2D eigenvalue weighted by Gasteiger charge is -2.27. The molecule has 0 aliphatic carbocycles. The van der Waals surface area contributed by atoms with Gasteiger partial charge in [-0.15, -0.1) is 0 Å². The van der Waals surface area contributed by atoms with E-state index in [4.69, 9.17) is 10.5 Å². The lowest BCUT2D eigenvalue weighted by Crippen LogP contribution is -2.36. The molecule has 1 heterocycles. The minimum Gasteiger partial charge on any atom is -0.379 e. The Kier molecular flexibility index (Phi) is 8.81. The van der Waals surface area contributed by atoms with E-state index < -0.39 is 0 Å². The highest BCUT2D eigenvalue weighted by atomic mass is 16.5. The van der Waals surface area contributed by atoms with E-state index in [-0.39, 0.29) is 5.91 Å². The van der Waals surface area contributed by atoms with E-state index in [0.29, 0.717) is 13.0 Å². The summed E-state index contributed by atoms with van der Waals surface area (Å²) in [5.41, 5.74) is 7.98. The maximum absolute atomic E-state index is 12.0. The summed E-state index contributed by atoms with van der Waals surface area (Å²) in [6, 6.07) is 8.37. The molecule has 1 aliphatic heterocycles. The number of carbonyl (C=O) groups is 1. The van der Waals surface area contributed by atoms with E-state index in [2.05, 4.69) is 28.4 Å². The molecule has 2 rings (SSSR count). The average molecular weight is 333 g/mol. The van der Waals surface area contributed by atoms with Gasteiger partial charge in [-0.05, 0) is 30.5 Å². The van der Waals surface area contributed by atoms with E-state index in [1.165, 1.54) is 11.1 Å². The number of nitrogens with two attached hydrogens (primary N) is 1. The summed E-state index contributed by atoms with van der Waals surface area (Å²) in [7, 11) is 0. The van der Waals surface area contributed by atoms with E-state index in [0.717, 1.165) is 65.1 Å². The number of rotatable bonds is 10. The van der Waals surface area contributed by atoms with Crippen LogP contribution >= 0.6 is 0 Å². The first-order valence-electron chi connectivity index (χ1n) is 9.13. The summed E-state index contributed by atoms with van der Waals surface area (Å²) in [6.07, 6.45) is 4.80. The molecule has 1 saturated heterocycles. The van der Waals surface area contributed by atoms with Gasteiger partial charge in [0.2, 0.25) is 5.91 Å². The van der Waals surface area contributed by atoms with E-state index in [1.54, 1.807) is 0 Å². The zero-order valence-corrected chi connectivity index (χ0v) is 14.6. The molecule has 1 amide bonds. The van der Waals surface area contributed by atoms with Crippen LogP contribution in [0.3, 0.4) is 0 Å². The number of amides is 1. The van der Waals surface area contributed by atoms with Crippen molar-refractivity contribution in [1.82, 2.24) is 10.2 Å². The molecular weight excluding hydrogens is 302 g/mol. The minimum atomic E-state index is 0.143. The van der Waals surface area contributed by atoms with Crippen LogP contribution in [0.5, 0.6) is 0 Å². The average Bonchev–Trinajstić information content (AvgIpc) is 2.62. The smallest absolute Gasteiger partial charge is 0.220 e. The van der Waals surface area contributed by atoms with Crippen molar-refractivity contribution in [1.29, 1.82) is 0 Å². The lowest BCUT2D eigenvalue weighted by atomic mass is 10.1. The number of morpholine rings is 1. The molecule has 5 nitrogen and oxygen atoms in total. The van der Waals surface area contributed by atoms with Gasteiger partial charge in [0.15, 0.2) is 0 Å². The fourth-order valence-corrected chi connectivity index (χ4v) is 2.95. The Morgan fingerprint density at radius 1 is 1.08 bits per heavy atom. The quantitative estimate of drug-likeness (QED) is 0.643. The Morgan fingerprint density at radius 3 is 2.54 bits per heavy atom. The summed E-state index contributed by atoms with van der Waals surface area (Å²) >= 11 is 0. The predicted molar refractivity (Wildman–Crippen MR) is 96.5 cm³/mol. The number of ether oxygens (including phenoxy) is 1. The van der Waals surface area contributed by atoms with Gasteiger partial charge in [-0.25, -0.2) is 0 Å². The predicted octanol–water partition coefficient (Wildman–Crippen LogP) is 2.04. The summed E-state index contributed by atoms with van der Waals surface area (Å²) < 4.78 is 5.40. The van der Waals surface area contributed by atoms with E-state index in [1.807, 2.05) is 6.07 Å². The normalized spacial score (nSPS) is 15.4. The monoisotopic (exact) mass is 333 g/mol. The summed E-state index contributed by atoms with van der Waals surface area (Å²) in [5, 5.41) is 3.06. The first-order valence-corrected chi connectivity index (χ1v) is 9.13. The van der Waals surface area contributed by atoms with Gasteiger partial charge in [0.1, 0.15) is 0 Å². The van der Waals surface area contributed by atoms with Crippen molar-refractivity contribution in [3.05, 3.63) is 35.4 Å². The van der Waals surface area contributed by atoms with Crippen molar-refractivity contribution in [2.24, 2.45) is 5.73 Å². The standard InChI is InChI=1S/C19H31N3O2/c20-10-6-2-1-3-9-19(23)21-15-17-7-4-5-8-18(17)16-22-11-13-24-14-12-22/h4-5,7-8H,1-3,6,9-16,20H2,(H,21,23). The summed E-state index contributed by atoms with van der Waals surface area (Å²) in [6.45, 7) is 5.85. The van der Waals surface area contributed by atoms with Gasteiger partial charge in [0, 0.05) is 32.6 Å². The highest BCUT2D eigenvalue weighted by Gasteiger charge is 2.13. The Morgan fingerprint density at radius 2 is 1.79 bits per heavy atom. The van der Waals surface area contributed by atoms with Crippen LogP contribution in [0.4, 0.5) is 0 Å². The van der Waals surface area contributed by atoms with Crippen LogP contribution in [-0.4, -0.2) is 43.7 Å². The number of carbonyl (C=O) groups excluding carboxylic acids is 1. The number of nitrogens with zero attached hydrogens (tertiary/aromatic N) is 1. The van der Waals surface area contributed by atoms with Crippen molar-refractivity contribution in [3.8, 4) is 0 Å². The first-order chi connectivity index (χ1) is 11.8. The zero-order chi connectivity index (χ0) is 17.0. The van der Waals surface area contributed by atoms with E-state index >= 15 is 0 Å². The lowest BCUT2D eigenvalue weighted by molar-refractivity contribution is -0.121. The maximum Gasteiger partial charge on any atom is 0.220 e. The van der Waals surface area contributed by atoms with Gasteiger partial charge < -0.3 is 15.8 Å². The van der Waals surface area contributed by atoms with Crippen LogP contribution in [0.2, 0.25) is 0 Å². The molecule has 0 bridgehead atoms. The fourth-order valence-electron chi connectivity index (χ4n) is 2.95. The van der Waals surface area contributed by atoms with Crippen molar-refractivity contribution >= 4 is 5.91 Å². The molecule has 0 spiro atoms. The third-order valence-corrected chi connectivity index (χ3v) is 4.45. The third-order valence-electron chi connectivity index (χ3n) is 4.45. The van der Waals surface area contributed by atoms with Gasteiger partial charge in [0.05, 0.1) is 13.2 Å². The van der Waals surface area contributed by atoms with Crippen LogP contribution in [0.1, 0.15) is 43.2 Å². The molecule has 0 atom stereocenters. The maximum atomic E-state index is 12.0. The number of hydrogen-bond acceptors (Lipinski definition) is 4. The molecule has 1 aromatic carbocycles. The molecule has 0 radical (unpaired) electrons.